The third-order valence-corrected chi connectivity index (χ3v) is 2.27. The molecule has 2 rings (SSSR count). The van der Waals surface area contributed by atoms with E-state index in [1.54, 1.807) is 24.3 Å². The van der Waals surface area contributed by atoms with E-state index in [9.17, 15) is 0 Å². The Bertz CT molecular complexity index is 575. The summed E-state index contributed by atoms with van der Waals surface area (Å²) in [5.41, 5.74) is 6.24. The SMILES string of the molecule is N#Cc1cc(N)cnc1Oc1ccc(Cl)cc1. The first-order valence-electron chi connectivity index (χ1n) is 4.78. The van der Waals surface area contributed by atoms with Gasteiger partial charge in [0.1, 0.15) is 17.4 Å². The number of halogens is 1. The van der Waals surface area contributed by atoms with Gasteiger partial charge in [-0.2, -0.15) is 5.26 Å². The number of nitriles is 1. The fourth-order valence-corrected chi connectivity index (χ4v) is 1.37. The van der Waals surface area contributed by atoms with Crippen LogP contribution in [0.1, 0.15) is 5.56 Å². The van der Waals surface area contributed by atoms with Crippen LogP contribution in [0.5, 0.6) is 11.6 Å². The number of anilines is 1. The van der Waals surface area contributed by atoms with Crippen molar-refractivity contribution in [3.8, 4) is 17.7 Å². The van der Waals surface area contributed by atoms with Crippen molar-refractivity contribution in [3.05, 3.63) is 47.1 Å². The Morgan fingerprint density at radius 1 is 1.29 bits per heavy atom. The first kappa shape index (κ1) is 11.2. The van der Waals surface area contributed by atoms with Gasteiger partial charge in [-0.25, -0.2) is 4.98 Å². The predicted octanol–water partition coefficient (Wildman–Crippen LogP) is 2.98. The van der Waals surface area contributed by atoms with Gasteiger partial charge in [0.2, 0.25) is 5.88 Å². The van der Waals surface area contributed by atoms with Crippen LogP contribution >= 0.6 is 11.6 Å². The Labute approximate surface area is 103 Å². The van der Waals surface area contributed by atoms with Crippen LogP contribution in [-0.4, -0.2) is 4.98 Å². The van der Waals surface area contributed by atoms with Crippen molar-refractivity contribution in [1.82, 2.24) is 4.98 Å². The average molecular weight is 246 g/mol. The van der Waals surface area contributed by atoms with Crippen LogP contribution in [0, 0.1) is 11.3 Å². The van der Waals surface area contributed by atoms with Crippen molar-refractivity contribution in [2.75, 3.05) is 5.73 Å². The van der Waals surface area contributed by atoms with E-state index in [1.165, 1.54) is 12.3 Å². The average Bonchev–Trinajstić information content (AvgIpc) is 2.34. The van der Waals surface area contributed by atoms with Crippen molar-refractivity contribution >= 4 is 17.3 Å². The van der Waals surface area contributed by atoms with Crippen LogP contribution < -0.4 is 10.5 Å². The molecule has 4 nitrogen and oxygen atoms in total. The quantitative estimate of drug-likeness (QED) is 0.883. The third-order valence-electron chi connectivity index (χ3n) is 2.02. The van der Waals surface area contributed by atoms with Gasteiger partial charge in [0.25, 0.3) is 0 Å². The molecule has 1 aromatic heterocycles. The lowest BCUT2D eigenvalue weighted by molar-refractivity contribution is 0.461. The lowest BCUT2D eigenvalue weighted by Crippen LogP contribution is -1.94. The second-order valence-corrected chi connectivity index (χ2v) is 3.73. The number of benzene rings is 1. The molecule has 1 aromatic carbocycles. The Balaban J connectivity index is 2.30. The Morgan fingerprint density at radius 2 is 2.00 bits per heavy atom. The van der Waals surface area contributed by atoms with Crippen LogP contribution in [0.15, 0.2) is 36.5 Å². The standard InChI is InChI=1S/C12H8ClN3O/c13-9-1-3-11(4-2-9)17-12-8(6-14)5-10(15)7-16-12/h1-5,7H,15H2. The van der Waals surface area contributed by atoms with E-state index in [1.807, 2.05) is 6.07 Å². The summed E-state index contributed by atoms with van der Waals surface area (Å²) in [7, 11) is 0. The van der Waals surface area contributed by atoms with Crippen LogP contribution in [0.25, 0.3) is 0 Å². The third kappa shape index (κ3) is 2.65. The zero-order valence-corrected chi connectivity index (χ0v) is 9.48. The number of hydrogen-bond acceptors (Lipinski definition) is 4. The van der Waals surface area contributed by atoms with Crippen molar-refractivity contribution in [2.45, 2.75) is 0 Å². The molecular formula is C12H8ClN3O. The first-order chi connectivity index (χ1) is 8.19. The molecule has 0 atom stereocenters. The van der Waals surface area contributed by atoms with E-state index >= 15 is 0 Å². The monoisotopic (exact) mass is 245 g/mol. The van der Waals surface area contributed by atoms with E-state index < -0.39 is 0 Å². The Hall–Kier alpha value is -2.25. The van der Waals surface area contributed by atoms with Crippen LogP contribution in [0.2, 0.25) is 5.02 Å². The highest BCUT2D eigenvalue weighted by molar-refractivity contribution is 6.30. The zero-order valence-electron chi connectivity index (χ0n) is 8.72. The van der Waals surface area contributed by atoms with Crippen LogP contribution in [0.3, 0.4) is 0 Å². The second kappa shape index (κ2) is 4.73. The number of nitrogens with two attached hydrogens (primary N) is 1. The maximum absolute atomic E-state index is 8.92. The van der Waals surface area contributed by atoms with E-state index in [0.717, 1.165) is 0 Å². The van der Waals surface area contributed by atoms with E-state index in [4.69, 9.17) is 27.3 Å². The fraction of sp³-hybridized carbons (Fsp3) is 0. The number of nitrogen functional groups attached to an aromatic ring is 1. The summed E-state index contributed by atoms with van der Waals surface area (Å²) in [5.74, 6) is 0.784. The van der Waals surface area contributed by atoms with Gasteiger partial charge in [-0.15, -0.1) is 0 Å². The molecule has 0 bridgehead atoms. The number of nitrogens with zero attached hydrogens (tertiary/aromatic N) is 2. The zero-order chi connectivity index (χ0) is 12.3. The van der Waals surface area contributed by atoms with Crippen LogP contribution in [-0.2, 0) is 0 Å². The molecule has 0 radical (unpaired) electrons. The minimum absolute atomic E-state index is 0.226. The van der Waals surface area contributed by atoms with Crippen molar-refractivity contribution in [2.24, 2.45) is 0 Å². The smallest absolute Gasteiger partial charge is 0.237 e. The molecule has 0 unspecified atom stereocenters. The lowest BCUT2D eigenvalue weighted by Gasteiger charge is -2.06. The van der Waals surface area contributed by atoms with Gasteiger partial charge < -0.3 is 10.5 Å². The summed E-state index contributed by atoms with van der Waals surface area (Å²) in [6, 6.07) is 10.3. The number of aromatic nitrogens is 1. The van der Waals surface area contributed by atoms with Gasteiger partial charge in [0.15, 0.2) is 0 Å². The molecule has 0 saturated carbocycles. The molecule has 0 amide bonds. The highest BCUT2D eigenvalue weighted by atomic mass is 35.5. The molecule has 0 fully saturated rings. The molecule has 1 heterocycles. The van der Waals surface area contributed by atoms with Gasteiger partial charge in [-0.05, 0) is 30.3 Å². The van der Waals surface area contributed by atoms with E-state index in [-0.39, 0.29) is 5.88 Å². The number of rotatable bonds is 2. The Morgan fingerprint density at radius 3 is 2.65 bits per heavy atom. The molecule has 84 valence electrons. The van der Waals surface area contributed by atoms with E-state index in [2.05, 4.69) is 4.98 Å². The lowest BCUT2D eigenvalue weighted by atomic mass is 10.3. The molecular weight excluding hydrogens is 238 g/mol. The van der Waals surface area contributed by atoms with Crippen molar-refractivity contribution < 1.29 is 4.74 Å². The van der Waals surface area contributed by atoms with E-state index in [0.29, 0.717) is 22.0 Å². The summed E-state index contributed by atoms with van der Waals surface area (Å²) in [4.78, 5) is 3.96. The first-order valence-corrected chi connectivity index (χ1v) is 5.16. The fourth-order valence-electron chi connectivity index (χ4n) is 1.24. The molecule has 0 saturated heterocycles. The van der Waals surface area contributed by atoms with Gasteiger partial charge in [0.05, 0.1) is 11.9 Å². The molecule has 0 aliphatic rings. The maximum Gasteiger partial charge on any atom is 0.237 e. The minimum atomic E-state index is 0.226. The largest absolute Gasteiger partial charge is 0.438 e. The maximum atomic E-state index is 8.92. The molecule has 2 N–H and O–H groups in total. The molecule has 0 aliphatic carbocycles. The van der Waals surface area contributed by atoms with Gasteiger partial charge >= 0.3 is 0 Å². The summed E-state index contributed by atoms with van der Waals surface area (Å²) >= 11 is 5.75. The van der Waals surface area contributed by atoms with Gasteiger partial charge in [-0.3, -0.25) is 0 Å². The van der Waals surface area contributed by atoms with Crippen molar-refractivity contribution in [1.29, 1.82) is 5.26 Å². The van der Waals surface area contributed by atoms with Gasteiger partial charge in [-0.1, -0.05) is 11.6 Å². The number of pyridine rings is 1. The summed E-state index contributed by atoms with van der Waals surface area (Å²) in [5, 5.41) is 9.53. The Kier molecular flexibility index (Phi) is 3.12. The normalized spacial score (nSPS) is 9.65. The minimum Gasteiger partial charge on any atom is -0.438 e. The molecule has 5 heteroatoms. The highest BCUT2D eigenvalue weighted by Crippen LogP contribution is 2.24. The number of ether oxygens (including phenoxy) is 1. The second-order valence-electron chi connectivity index (χ2n) is 3.29. The highest BCUT2D eigenvalue weighted by Gasteiger charge is 2.06. The summed E-state index contributed by atoms with van der Waals surface area (Å²) in [6.45, 7) is 0. The molecule has 2 aromatic rings. The predicted molar refractivity (Wildman–Crippen MR) is 64.9 cm³/mol. The molecule has 17 heavy (non-hydrogen) atoms. The summed E-state index contributed by atoms with van der Waals surface area (Å²) in [6.07, 6.45) is 1.44. The van der Waals surface area contributed by atoms with Gasteiger partial charge in [0, 0.05) is 5.02 Å². The molecule has 0 aliphatic heterocycles. The molecule has 0 spiro atoms. The summed E-state index contributed by atoms with van der Waals surface area (Å²) < 4.78 is 5.46. The van der Waals surface area contributed by atoms with Crippen molar-refractivity contribution in [3.63, 3.8) is 0 Å². The number of hydrogen-bond donors (Lipinski definition) is 1. The topological polar surface area (TPSA) is 71.9 Å². The van der Waals surface area contributed by atoms with Crippen LogP contribution in [0.4, 0.5) is 5.69 Å².